The molecule has 7 nitrogen and oxygen atoms in total. The van der Waals surface area contributed by atoms with Crippen LogP contribution in [0.4, 0.5) is 4.79 Å². The predicted octanol–water partition coefficient (Wildman–Crippen LogP) is 4.45. The highest BCUT2D eigenvalue weighted by Gasteiger charge is 2.46. The largest absolute Gasteiger partial charge is 0.481 e. The zero-order chi connectivity index (χ0) is 24.3. The van der Waals surface area contributed by atoms with Gasteiger partial charge in [0.15, 0.2) is 0 Å². The molecule has 0 aliphatic heterocycles. The number of carboxylic acid groups (broad SMARTS) is 1. The van der Waals surface area contributed by atoms with E-state index in [0.717, 1.165) is 28.7 Å². The van der Waals surface area contributed by atoms with Crippen molar-refractivity contribution >= 4 is 18.0 Å². The number of hydrogen-bond donors (Lipinski definition) is 3. The van der Waals surface area contributed by atoms with Gasteiger partial charge < -0.3 is 20.5 Å². The van der Waals surface area contributed by atoms with Crippen LogP contribution >= 0.6 is 0 Å². The van der Waals surface area contributed by atoms with Gasteiger partial charge in [-0.05, 0) is 47.4 Å². The molecule has 0 aromatic heterocycles. The Morgan fingerprint density at radius 2 is 1.65 bits per heavy atom. The summed E-state index contributed by atoms with van der Waals surface area (Å²) >= 11 is 0. The smallest absolute Gasteiger partial charge is 0.407 e. The van der Waals surface area contributed by atoms with Gasteiger partial charge in [0.2, 0.25) is 5.91 Å². The zero-order valence-electron chi connectivity index (χ0n) is 19.7. The van der Waals surface area contributed by atoms with Crippen molar-refractivity contribution in [1.29, 1.82) is 0 Å². The molecular formula is C27H32N2O5. The fourth-order valence-electron chi connectivity index (χ4n) is 4.72. The molecule has 0 saturated heterocycles. The molecule has 34 heavy (non-hydrogen) atoms. The van der Waals surface area contributed by atoms with Gasteiger partial charge in [-0.15, -0.1) is 0 Å². The molecular weight excluding hydrogens is 432 g/mol. The molecule has 1 saturated carbocycles. The number of aliphatic carboxylic acids is 1. The highest BCUT2D eigenvalue weighted by atomic mass is 16.5. The number of ether oxygens (including phenoxy) is 1. The molecule has 2 aliphatic carbocycles. The molecule has 2 aromatic rings. The Morgan fingerprint density at radius 1 is 1.06 bits per heavy atom. The van der Waals surface area contributed by atoms with Gasteiger partial charge >= 0.3 is 12.1 Å². The van der Waals surface area contributed by atoms with Crippen molar-refractivity contribution in [2.45, 2.75) is 63.5 Å². The molecule has 180 valence electrons. The van der Waals surface area contributed by atoms with E-state index in [1.807, 2.05) is 38.1 Å². The SMILES string of the molecule is CCC(C)CC(NC(=O)OCC1c2ccccc2-c2ccccc21)C(=O)NC1(CC(=O)O)CC1. The van der Waals surface area contributed by atoms with Crippen LogP contribution in [0.1, 0.15) is 63.0 Å². The van der Waals surface area contributed by atoms with Crippen LogP contribution in [0.25, 0.3) is 11.1 Å². The maximum absolute atomic E-state index is 13.0. The summed E-state index contributed by atoms with van der Waals surface area (Å²) < 4.78 is 5.62. The summed E-state index contributed by atoms with van der Waals surface area (Å²) in [7, 11) is 0. The van der Waals surface area contributed by atoms with E-state index < -0.39 is 23.6 Å². The van der Waals surface area contributed by atoms with Crippen LogP contribution in [0.3, 0.4) is 0 Å². The molecule has 7 heteroatoms. The first kappa shape index (κ1) is 23.8. The number of carbonyl (C=O) groups is 3. The second-order valence-corrected chi connectivity index (χ2v) is 9.61. The van der Waals surface area contributed by atoms with E-state index in [4.69, 9.17) is 9.84 Å². The molecule has 0 spiro atoms. The van der Waals surface area contributed by atoms with Crippen LogP contribution in [-0.2, 0) is 14.3 Å². The number of carboxylic acids is 1. The number of alkyl carbamates (subject to hydrolysis) is 1. The Kier molecular flexibility index (Phi) is 6.91. The Labute approximate surface area is 199 Å². The quantitative estimate of drug-likeness (QED) is 0.482. The van der Waals surface area contributed by atoms with E-state index in [2.05, 4.69) is 34.9 Å². The van der Waals surface area contributed by atoms with Crippen LogP contribution < -0.4 is 10.6 Å². The first-order valence-corrected chi connectivity index (χ1v) is 12.0. The van der Waals surface area contributed by atoms with Gasteiger partial charge in [-0.1, -0.05) is 68.8 Å². The Balaban J connectivity index is 1.41. The number of amides is 2. The van der Waals surface area contributed by atoms with E-state index in [1.54, 1.807) is 0 Å². The fourth-order valence-corrected chi connectivity index (χ4v) is 4.72. The monoisotopic (exact) mass is 464 g/mol. The summed E-state index contributed by atoms with van der Waals surface area (Å²) in [6.07, 6.45) is 1.82. The van der Waals surface area contributed by atoms with Gasteiger partial charge in [0, 0.05) is 5.92 Å². The highest BCUT2D eigenvalue weighted by Crippen LogP contribution is 2.44. The molecule has 0 bridgehead atoms. The van der Waals surface area contributed by atoms with Gasteiger partial charge in [0.05, 0.1) is 12.0 Å². The standard InChI is InChI=1S/C27H32N2O5/c1-3-17(2)14-23(25(32)29-27(12-13-27)15-24(30)31)28-26(33)34-16-22-20-10-6-4-8-18(20)19-9-5-7-11-21(19)22/h4-11,17,22-23H,3,12-16H2,1-2H3,(H,28,33)(H,29,32)(H,30,31). The predicted molar refractivity (Wildman–Crippen MR) is 128 cm³/mol. The van der Waals surface area contributed by atoms with Crippen molar-refractivity contribution in [3.05, 3.63) is 59.7 Å². The minimum atomic E-state index is -0.944. The van der Waals surface area contributed by atoms with Crippen molar-refractivity contribution in [1.82, 2.24) is 10.6 Å². The van der Waals surface area contributed by atoms with Crippen molar-refractivity contribution in [3.63, 3.8) is 0 Å². The average Bonchev–Trinajstić information content (AvgIpc) is 3.48. The van der Waals surface area contributed by atoms with Crippen molar-refractivity contribution in [2.24, 2.45) is 5.92 Å². The fraction of sp³-hybridized carbons (Fsp3) is 0.444. The topological polar surface area (TPSA) is 105 Å². The van der Waals surface area contributed by atoms with Crippen LogP contribution in [0, 0.1) is 5.92 Å². The van der Waals surface area contributed by atoms with E-state index in [1.165, 1.54) is 0 Å². The lowest BCUT2D eigenvalue weighted by Gasteiger charge is -2.24. The number of rotatable bonds is 10. The van der Waals surface area contributed by atoms with E-state index in [0.29, 0.717) is 19.3 Å². The van der Waals surface area contributed by atoms with Gasteiger partial charge in [-0.3, -0.25) is 9.59 Å². The lowest BCUT2D eigenvalue weighted by atomic mass is 9.98. The molecule has 3 N–H and O–H groups in total. The zero-order valence-corrected chi connectivity index (χ0v) is 19.7. The first-order valence-electron chi connectivity index (χ1n) is 12.0. The third-order valence-corrected chi connectivity index (χ3v) is 7.02. The van der Waals surface area contributed by atoms with Crippen molar-refractivity contribution in [3.8, 4) is 11.1 Å². The van der Waals surface area contributed by atoms with Crippen LogP contribution in [0.2, 0.25) is 0 Å². The maximum atomic E-state index is 13.0. The molecule has 2 aliphatic rings. The molecule has 0 heterocycles. The molecule has 2 amide bonds. The minimum absolute atomic E-state index is 0.0645. The molecule has 2 unspecified atom stereocenters. The Hall–Kier alpha value is -3.35. The lowest BCUT2D eigenvalue weighted by molar-refractivity contribution is -0.138. The molecule has 0 radical (unpaired) electrons. The van der Waals surface area contributed by atoms with Crippen molar-refractivity contribution < 1.29 is 24.2 Å². The van der Waals surface area contributed by atoms with Gasteiger partial charge in [0.25, 0.3) is 0 Å². The summed E-state index contributed by atoms with van der Waals surface area (Å²) in [4.78, 5) is 36.9. The van der Waals surface area contributed by atoms with E-state index in [9.17, 15) is 14.4 Å². The highest BCUT2D eigenvalue weighted by molar-refractivity contribution is 5.87. The molecule has 2 atom stereocenters. The normalized spacial score (nSPS) is 17.1. The number of carbonyl (C=O) groups excluding carboxylic acids is 2. The summed E-state index contributed by atoms with van der Waals surface area (Å²) in [6, 6.07) is 15.4. The first-order chi connectivity index (χ1) is 16.3. The Morgan fingerprint density at radius 3 is 2.18 bits per heavy atom. The average molecular weight is 465 g/mol. The number of fused-ring (bicyclic) bond motifs is 3. The van der Waals surface area contributed by atoms with Crippen LogP contribution in [0.5, 0.6) is 0 Å². The maximum Gasteiger partial charge on any atom is 0.407 e. The molecule has 1 fully saturated rings. The van der Waals surface area contributed by atoms with Crippen molar-refractivity contribution in [2.75, 3.05) is 6.61 Å². The summed E-state index contributed by atoms with van der Waals surface area (Å²) in [5.74, 6) is -1.15. The lowest BCUT2D eigenvalue weighted by Crippen LogP contribution is -2.51. The van der Waals surface area contributed by atoms with Gasteiger partial charge in [0.1, 0.15) is 12.6 Å². The third kappa shape index (κ3) is 5.24. The second-order valence-electron chi connectivity index (χ2n) is 9.61. The van der Waals surface area contributed by atoms with E-state index in [-0.39, 0.29) is 30.8 Å². The number of benzene rings is 2. The summed E-state index contributed by atoms with van der Waals surface area (Å²) in [5, 5.41) is 14.7. The second kappa shape index (κ2) is 9.87. The van der Waals surface area contributed by atoms with Gasteiger partial charge in [-0.25, -0.2) is 4.79 Å². The van der Waals surface area contributed by atoms with Crippen LogP contribution in [0.15, 0.2) is 48.5 Å². The number of hydrogen-bond acceptors (Lipinski definition) is 4. The van der Waals surface area contributed by atoms with E-state index >= 15 is 0 Å². The third-order valence-electron chi connectivity index (χ3n) is 7.02. The van der Waals surface area contributed by atoms with Crippen LogP contribution in [-0.4, -0.2) is 41.3 Å². The number of nitrogens with one attached hydrogen (secondary N) is 2. The van der Waals surface area contributed by atoms with Gasteiger partial charge in [-0.2, -0.15) is 0 Å². The summed E-state index contributed by atoms with van der Waals surface area (Å²) in [5.41, 5.74) is 3.84. The molecule has 2 aromatic carbocycles. The Bertz CT molecular complexity index is 1030. The minimum Gasteiger partial charge on any atom is -0.481 e. The molecule has 4 rings (SSSR count). The summed E-state index contributed by atoms with van der Waals surface area (Å²) in [6.45, 7) is 4.21.